The van der Waals surface area contributed by atoms with Gasteiger partial charge >= 0.3 is 0 Å². The summed E-state index contributed by atoms with van der Waals surface area (Å²) in [6.07, 6.45) is 5.13. The lowest BCUT2D eigenvalue weighted by Crippen LogP contribution is -2.36. The summed E-state index contributed by atoms with van der Waals surface area (Å²) in [7, 11) is 0. The predicted octanol–water partition coefficient (Wildman–Crippen LogP) is 2.97. The van der Waals surface area contributed by atoms with Crippen LogP contribution in [0.2, 0.25) is 0 Å². The Morgan fingerprint density at radius 3 is 2.85 bits per heavy atom. The Labute approximate surface area is 160 Å². The van der Waals surface area contributed by atoms with E-state index in [1.807, 2.05) is 13.0 Å². The van der Waals surface area contributed by atoms with Crippen LogP contribution < -0.4 is 15.0 Å². The number of nitrogens with zero attached hydrogens (tertiary/aromatic N) is 2. The number of halogens is 1. The minimum Gasteiger partial charge on any atom is -0.476 e. The van der Waals surface area contributed by atoms with E-state index in [-0.39, 0.29) is 11.9 Å². The van der Waals surface area contributed by atoms with E-state index >= 15 is 0 Å². The lowest BCUT2D eigenvalue weighted by molar-refractivity contribution is 0.0835. The van der Waals surface area contributed by atoms with Crippen molar-refractivity contribution >= 4 is 11.6 Å². The van der Waals surface area contributed by atoms with Crippen LogP contribution in [0.5, 0.6) is 5.88 Å². The molecular formula is C20H30FN3O3. The highest BCUT2D eigenvalue weighted by atomic mass is 19.1. The molecule has 2 fully saturated rings. The largest absolute Gasteiger partial charge is 0.476 e. The molecule has 0 spiro atoms. The molecule has 1 saturated heterocycles. The SMILES string of the molecule is C[C@@H](COCCCF)NC(=O)c1ccc(N2CCCC2)c(OCC2CC2)n1. The Hall–Kier alpha value is -1.89. The van der Waals surface area contributed by atoms with Crippen molar-refractivity contribution in [1.82, 2.24) is 10.3 Å². The fourth-order valence-corrected chi connectivity index (χ4v) is 3.10. The Morgan fingerprint density at radius 1 is 1.37 bits per heavy atom. The Bertz CT molecular complexity index is 618. The molecule has 150 valence electrons. The first-order chi connectivity index (χ1) is 13.2. The van der Waals surface area contributed by atoms with Gasteiger partial charge in [-0.15, -0.1) is 0 Å². The summed E-state index contributed by atoms with van der Waals surface area (Å²) in [6, 6.07) is 3.52. The van der Waals surface area contributed by atoms with Crippen LogP contribution in [-0.4, -0.2) is 56.5 Å². The lowest BCUT2D eigenvalue weighted by atomic mass is 10.2. The number of nitrogens with one attached hydrogen (secondary N) is 1. The number of hydrogen-bond donors (Lipinski definition) is 1. The van der Waals surface area contributed by atoms with E-state index in [4.69, 9.17) is 9.47 Å². The van der Waals surface area contributed by atoms with Crippen LogP contribution in [-0.2, 0) is 4.74 Å². The van der Waals surface area contributed by atoms with Gasteiger partial charge in [-0.05, 0) is 57.1 Å². The van der Waals surface area contributed by atoms with Crippen LogP contribution >= 0.6 is 0 Å². The quantitative estimate of drug-likeness (QED) is 0.599. The number of aromatic nitrogens is 1. The minimum atomic E-state index is -0.391. The number of anilines is 1. The summed E-state index contributed by atoms with van der Waals surface area (Å²) in [4.78, 5) is 19.3. The first kappa shape index (κ1) is 19.9. The smallest absolute Gasteiger partial charge is 0.270 e. The minimum absolute atomic E-state index is 0.173. The molecule has 27 heavy (non-hydrogen) atoms. The average molecular weight is 379 g/mol. The van der Waals surface area contributed by atoms with E-state index in [1.165, 1.54) is 25.7 Å². The highest BCUT2D eigenvalue weighted by molar-refractivity contribution is 5.93. The maximum Gasteiger partial charge on any atom is 0.270 e. The number of pyridine rings is 1. The highest BCUT2D eigenvalue weighted by Crippen LogP contribution is 2.33. The molecule has 1 aromatic heterocycles. The third kappa shape index (κ3) is 6.06. The van der Waals surface area contributed by atoms with Gasteiger partial charge in [-0.1, -0.05) is 0 Å². The first-order valence-corrected chi connectivity index (χ1v) is 10.0. The average Bonchev–Trinajstić information content (AvgIpc) is 3.34. The fourth-order valence-electron chi connectivity index (χ4n) is 3.10. The maximum absolute atomic E-state index is 12.5. The summed E-state index contributed by atoms with van der Waals surface area (Å²) in [5.41, 5.74) is 1.33. The van der Waals surface area contributed by atoms with Crippen molar-refractivity contribution in [3.63, 3.8) is 0 Å². The van der Waals surface area contributed by atoms with Crippen molar-refractivity contribution in [1.29, 1.82) is 0 Å². The van der Waals surface area contributed by atoms with Crippen molar-refractivity contribution < 1.29 is 18.7 Å². The second-order valence-corrected chi connectivity index (χ2v) is 7.46. The van der Waals surface area contributed by atoms with Crippen LogP contribution in [0.4, 0.5) is 10.1 Å². The summed E-state index contributed by atoms with van der Waals surface area (Å²) in [5, 5.41) is 2.88. The molecule has 1 atom stereocenters. The monoisotopic (exact) mass is 379 g/mol. The highest BCUT2D eigenvalue weighted by Gasteiger charge is 2.25. The van der Waals surface area contributed by atoms with Gasteiger partial charge in [0.2, 0.25) is 5.88 Å². The Kier molecular flexibility index (Phi) is 7.26. The van der Waals surface area contributed by atoms with E-state index in [2.05, 4.69) is 15.2 Å². The third-order valence-electron chi connectivity index (χ3n) is 4.84. The van der Waals surface area contributed by atoms with E-state index < -0.39 is 6.67 Å². The number of ether oxygens (including phenoxy) is 2. The molecular weight excluding hydrogens is 349 g/mol. The van der Waals surface area contributed by atoms with E-state index in [1.54, 1.807) is 6.07 Å². The Balaban J connectivity index is 1.61. The van der Waals surface area contributed by atoms with Gasteiger partial charge < -0.3 is 19.7 Å². The molecule has 1 aromatic rings. The molecule has 0 radical (unpaired) electrons. The first-order valence-electron chi connectivity index (χ1n) is 10.0. The second kappa shape index (κ2) is 9.88. The molecule has 7 heteroatoms. The summed E-state index contributed by atoms with van der Waals surface area (Å²) >= 11 is 0. The van der Waals surface area contributed by atoms with Gasteiger partial charge in [0.1, 0.15) is 5.69 Å². The number of carbonyl (C=O) groups excluding carboxylic acids is 1. The topological polar surface area (TPSA) is 63.7 Å². The van der Waals surface area contributed by atoms with Crippen molar-refractivity contribution in [2.75, 3.05) is 44.5 Å². The van der Waals surface area contributed by atoms with Gasteiger partial charge in [0, 0.05) is 25.7 Å². The van der Waals surface area contributed by atoms with Crippen LogP contribution in [0.3, 0.4) is 0 Å². The number of carbonyl (C=O) groups is 1. The van der Waals surface area contributed by atoms with Crippen LogP contribution in [0.25, 0.3) is 0 Å². The zero-order valence-corrected chi connectivity index (χ0v) is 16.1. The lowest BCUT2D eigenvalue weighted by Gasteiger charge is -2.21. The van der Waals surface area contributed by atoms with Gasteiger partial charge in [-0.3, -0.25) is 9.18 Å². The number of hydrogen-bond acceptors (Lipinski definition) is 5. The standard InChI is InChI=1S/C20H30FN3O3/c1-15(13-26-12-4-9-21)22-19(25)17-7-8-18(24-10-2-3-11-24)20(23-17)27-14-16-5-6-16/h7-8,15-16H,2-6,9-14H2,1H3,(H,22,25)/t15-/m0/s1. The van der Waals surface area contributed by atoms with Crippen LogP contribution in [0.15, 0.2) is 12.1 Å². The van der Waals surface area contributed by atoms with Gasteiger partial charge in [0.15, 0.2) is 0 Å². The zero-order valence-electron chi connectivity index (χ0n) is 16.1. The van der Waals surface area contributed by atoms with Crippen LogP contribution in [0.1, 0.15) is 49.5 Å². The third-order valence-corrected chi connectivity index (χ3v) is 4.84. The molecule has 1 amide bonds. The molecule has 1 aliphatic carbocycles. The van der Waals surface area contributed by atoms with Gasteiger partial charge in [-0.2, -0.15) is 0 Å². The predicted molar refractivity (Wildman–Crippen MR) is 102 cm³/mol. The molecule has 2 heterocycles. The zero-order chi connectivity index (χ0) is 19.1. The maximum atomic E-state index is 12.5. The summed E-state index contributed by atoms with van der Waals surface area (Å²) < 4.78 is 23.4. The molecule has 1 saturated carbocycles. The molecule has 0 aromatic carbocycles. The van der Waals surface area contributed by atoms with Crippen molar-refractivity contribution in [3.05, 3.63) is 17.8 Å². The molecule has 6 nitrogen and oxygen atoms in total. The van der Waals surface area contributed by atoms with Crippen molar-refractivity contribution in [2.45, 2.75) is 45.1 Å². The number of amides is 1. The molecule has 2 aliphatic rings. The van der Waals surface area contributed by atoms with Crippen molar-refractivity contribution in [2.24, 2.45) is 5.92 Å². The normalized spacial score (nSPS) is 17.8. The Morgan fingerprint density at radius 2 is 2.15 bits per heavy atom. The van der Waals surface area contributed by atoms with Gasteiger partial charge in [0.05, 0.1) is 25.6 Å². The van der Waals surface area contributed by atoms with E-state index in [9.17, 15) is 9.18 Å². The fraction of sp³-hybridized carbons (Fsp3) is 0.700. The molecule has 0 unspecified atom stereocenters. The molecule has 1 N–H and O–H groups in total. The second-order valence-electron chi connectivity index (χ2n) is 7.46. The van der Waals surface area contributed by atoms with E-state index in [0.717, 1.165) is 18.8 Å². The van der Waals surface area contributed by atoms with Gasteiger partial charge in [0.25, 0.3) is 5.91 Å². The van der Waals surface area contributed by atoms with Gasteiger partial charge in [-0.25, -0.2) is 4.98 Å². The summed E-state index contributed by atoms with van der Waals surface area (Å²) in [5.74, 6) is 0.932. The number of alkyl halides is 1. The molecule has 3 rings (SSSR count). The summed E-state index contributed by atoms with van der Waals surface area (Å²) in [6.45, 7) is 4.84. The number of rotatable bonds is 11. The molecule has 0 bridgehead atoms. The van der Waals surface area contributed by atoms with E-state index in [0.29, 0.717) is 43.7 Å². The van der Waals surface area contributed by atoms with Crippen LogP contribution in [0, 0.1) is 5.92 Å². The molecule has 1 aliphatic heterocycles. The van der Waals surface area contributed by atoms with Crippen molar-refractivity contribution in [3.8, 4) is 5.88 Å².